The second-order valence-corrected chi connectivity index (χ2v) is 10.8. The van der Waals surface area contributed by atoms with Gasteiger partial charge in [-0.25, -0.2) is 4.79 Å². The summed E-state index contributed by atoms with van der Waals surface area (Å²) in [7, 11) is 0. The van der Waals surface area contributed by atoms with Crippen LogP contribution in [0.2, 0.25) is 0 Å². The molecule has 30 heavy (non-hydrogen) atoms. The average molecular weight is 440 g/mol. The summed E-state index contributed by atoms with van der Waals surface area (Å²) in [4.78, 5) is 18.3. The molecule has 4 nitrogen and oxygen atoms in total. The Morgan fingerprint density at radius 2 is 2.07 bits per heavy atom. The number of thiophene rings is 2. The molecule has 2 aliphatic rings. The van der Waals surface area contributed by atoms with Crippen molar-refractivity contribution in [3.63, 3.8) is 0 Å². The van der Waals surface area contributed by atoms with Crippen LogP contribution in [-0.2, 0) is 19.4 Å². The molecule has 5 rings (SSSR count). The molecule has 0 radical (unpaired) electrons. The Balaban J connectivity index is 1.59. The first-order chi connectivity index (χ1) is 14.6. The molecule has 4 heterocycles. The number of fused-ring (bicyclic) bond motifs is 5. The van der Waals surface area contributed by atoms with Gasteiger partial charge in [0.2, 0.25) is 0 Å². The number of aryl methyl sites for hydroxylation is 1. The number of urea groups is 1. The van der Waals surface area contributed by atoms with Crippen LogP contribution in [-0.4, -0.2) is 22.0 Å². The smallest absolute Gasteiger partial charge is 0.318 e. The summed E-state index contributed by atoms with van der Waals surface area (Å²) in [6, 6.07) is 8.55. The molecular formula is C24H29N3OS2. The highest BCUT2D eigenvalue weighted by Gasteiger charge is 2.36. The van der Waals surface area contributed by atoms with Gasteiger partial charge < -0.3 is 14.8 Å². The van der Waals surface area contributed by atoms with Gasteiger partial charge in [0, 0.05) is 28.1 Å². The molecular weight excluding hydrogens is 410 g/mol. The van der Waals surface area contributed by atoms with Crippen molar-refractivity contribution in [2.75, 3.05) is 6.54 Å². The quantitative estimate of drug-likeness (QED) is 0.521. The maximum Gasteiger partial charge on any atom is 0.318 e. The molecule has 0 fully saturated rings. The van der Waals surface area contributed by atoms with Crippen LogP contribution < -0.4 is 5.32 Å². The molecule has 3 aromatic heterocycles. The van der Waals surface area contributed by atoms with Crippen molar-refractivity contribution in [3.8, 4) is 5.00 Å². The Morgan fingerprint density at radius 1 is 1.20 bits per heavy atom. The van der Waals surface area contributed by atoms with E-state index in [0.29, 0.717) is 12.5 Å². The van der Waals surface area contributed by atoms with Crippen molar-refractivity contribution in [1.29, 1.82) is 0 Å². The van der Waals surface area contributed by atoms with Crippen molar-refractivity contribution in [1.82, 2.24) is 14.8 Å². The lowest BCUT2D eigenvalue weighted by Gasteiger charge is -2.30. The van der Waals surface area contributed by atoms with Gasteiger partial charge in [0.15, 0.2) is 0 Å². The summed E-state index contributed by atoms with van der Waals surface area (Å²) in [5.41, 5.74) is 4.06. The zero-order chi connectivity index (χ0) is 20.7. The van der Waals surface area contributed by atoms with Crippen LogP contribution in [0.1, 0.15) is 65.7 Å². The predicted molar refractivity (Wildman–Crippen MR) is 125 cm³/mol. The molecule has 158 valence electrons. The van der Waals surface area contributed by atoms with Crippen LogP contribution in [0.25, 0.3) is 5.00 Å². The van der Waals surface area contributed by atoms with Crippen LogP contribution in [0, 0.1) is 5.92 Å². The van der Waals surface area contributed by atoms with Gasteiger partial charge in [-0.15, -0.1) is 22.7 Å². The molecule has 0 saturated heterocycles. The van der Waals surface area contributed by atoms with Crippen LogP contribution in [0.3, 0.4) is 0 Å². The molecule has 0 unspecified atom stereocenters. The van der Waals surface area contributed by atoms with E-state index in [1.54, 1.807) is 11.3 Å². The summed E-state index contributed by atoms with van der Waals surface area (Å²) >= 11 is 3.68. The Labute approximate surface area is 186 Å². The maximum atomic E-state index is 13.5. The Bertz CT molecular complexity index is 1030. The van der Waals surface area contributed by atoms with E-state index in [0.717, 1.165) is 19.4 Å². The minimum Gasteiger partial charge on any atom is -0.338 e. The minimum atomic E-state index is -0.0575. The standard InChI is InChI=1S/C24H29N3OS2/c1-16(2)11-12-25-24(28)27-15-18-17-7-3-4-9-20(17)30-23(18)26-13-5-8-19(26)22(27)21-10-6-14-29-21/h5-6,8,10,13-14,16,22H,3-4,7,9,11-12,15H2,1-2H3,(H,25,28)/t22-/m0/s1. The number of aromatic nitrogens is 1. The number of carbonyl (C=O) groups excluding carboxylic acids is 1. The Hall–Kier alpha value is -2.05. The average Bonchev–Trinajstić information content (AvgIpc) is 3.46. The predicted octanol–water partition coefficient (Wildman–Crippen LogP) is 6.14. The van der Waals surface area contributed by atoms with E-state index in [1.165, 1.54) is 50.8 Å². The first kappa shape index (κ1) is 19.9. The van der Waals surface area contributed by atoms with Gasteiger partial charge >= 0.3 is 6.03 Å². The van der Waals surface area contributed by atoms with Gasteiger partial charge in [0.25, 0.3) is 0 Å². The van der Waals surface area contributed by atoms with Crippen LogP contribution in [0.5, 0.6) is 0 Å². The van der Waals surface area contributed by atoms with Crippen LogP contribution in [0.15, 0.2) is 35.8 Å². The van der Waals surface area contributed by atoms with Crippen LogP contribution in [0.4, 0.5) is 4.79 Å². The summed E-state index contributed by atoms with van der Waals surface area (Å²) in [6.07, 6.45) is 8.03. The van der Waals surface area contributed by atoms with Gasteiger partial charge in [0.05, 0.1) is 12.2 Å². The van der Waals surface area contributed by atoms with Crippen molar-refractivity contribution >= 4 is 28.7 Å². The van der Waals surface area contributed by atoms with Gasteiger partial charge in [-0.1, -0.05) is 19.9 Å². The normalized spacial score (nSPS) is 18.0. The fourth-order valence-corrected chi connectivity index (χ4v) is 6.95. The van der Waals surface area contributed by atoms with E-state index in [9.17, 15) is 4.79 Å². The summed E-state index contributed by atoms with van der Waals surface area (Å²) in [5, 5.41) is 6.65. The van der Waals surface area contributed by atoms with E-state index in [2.05, 4.69) is 64.5 Å². The lowest BCUT2D eigenvalue weighted by Crippen LogP contribution is -2.42. The zero-order valence-corrected chi connectivity index (χ0v) is 19.3. The number of hydrogen-bond donors (Lipinski definition) is 1. The molecule has 2 amide bonds. The Kier molecular flexibility index (Phi) is 5.46. The first-order valence-electron chi connectivity index (χ1n) is 11.0. The zero-order valence-electron chi connectivity index (χ0n) is 17.7. The van der Waals surface area contributed by atoms with Crippen LogP contribution >= 0.6 is 22.7 Å². The van der Waals surface area contributed by atoms with E-state index < -0.39 is 0 Å². The fraction of sp³-hybridized carbons (Fsp3) is 0.458. The van der Waals surface area contributed by atoms with Gasteiger partial charge in [-0.2, -0.15) is 0 Å². The molecule has 1 N–H and O–H groups in total. The minimum absolute atomic E-state index is 0.0467. The summed E-state index contributed by atoms with van der Waals surface area (Å²) in [6.45, 7) is 5.80. The third-order valence-corrected chi connectivity index (χ3v) is 8.51. The lowest BCUT2D eigenvalue weighted by atomic mass is 9.95. The SMILES string of the molecule is CC(C)CCNC(=O)N1Cc2c(sc3c2CCCC3)-n2cccc2[C@H]1c1cccs1. The highest BCUT2D eigenvalue weighted by molar-refractivity contribution is 7.15. The fourth-order valence-electron chi connectivity index (χ4n) is 4.70. The number of amides is 2. The van der Waals surface area contributed by atoms with E-state index in [1.807, 2.05) is 11.3 Å². The molecule has 6 heteroatoms. The number of nitrogens with zero attached hydrogens (tertiary/aromatic N) is 2. The van der Waals surface area contributed by atoms with E-state index in [-0.39, 0.29) is 12.1 Å². The number of rotatable bonds is 4. The number of hydrogen-bond acceptors (Lipinski definition) is 3. The molecule has 0 aromatic carbocycles. The van der Waals surface area contributed by atoms with E-state index in [4.69, 9.17) is 0 Å². The second kappa shape index (κ2) is 8.23. The van der Waals surface area contributed by atoms with Gasteiger partial charge in [-0.05, 0) is 67.2 Å². The molecule has 1 aliphatic carbocycles. The van der Waals surface area contributed by atoms with E-state index >= 15 is 0 Å². The summed E-state index contributed by atoms with van der Waals surface area (Å²) in [5.74, 6) is 0.579. The number of nitrogens with one attached hydrogen (secondary N) is 1. The van der Waals surface area contributed by atoms with Crippen molar-refractivity contribution in [3.05, 3.63) is 62.4 Å². The topological polar surface area (TPSA) is 37.3 Å². The van der Waals surface area contributed by atoms with Crippen molar-refractivity contribution < 1.29 is 4.79 Å². The van der Waals surface area contributed by atoms with Crippen molar-refractivity contribution in [2.24, 2.45) is 5.92 Å². The van der Waals surface area contributed by atoms with Crippen molar-refractivity contribution in [2.45, 2.75) is 58.5 Å². The molecule has 0 bridgehead atoms. The lowest BCUT2D eigenvalue weighted by molar-refractivity contribution is 0.181. The molecule has 1 atom stereocenters. The molecule has 0 spiro atoms. The number of carbonyl (C=O) groups is 1. The first-order valence-corrected chi connectivity index (χ1v) is 12.7. The second-order valence-electron chi connectivity index (χ2n) is 8.76. The largest absolute Gasteiger partial charge is 0.338 e. The monoisotopic (exact) mass is 439 g/mol. The highest BCUT2D eigenvalue weighted by atomic mass is 32.1. The molecule has 0 saturated carbocycles. The molecule has 1 aliphatic heterocycles. The third-order valence-electron chi connectivity index (χ3n) is 6.25. The highest BCUT2D eigenvalue weighted by Crippen LogP contribution is 2.44. The molecule has 3 aromatic rings. The maximum absolute atomic E-state index is 13.5. The Morgan fingerprint density at radius 3 is 2.87 bits per heavy atom. The summed E-state index contributed by atoms with van der Waals surface area (Å²) < 4.78 is 2.35. The van der Waals surface area contributed by atoms with Gasteiger partial charge in [-0.3, -0.25) is 0 Å². The van der Waals surface area contributed by atoms with Gasteiger partial charge in [0.1, 0.15) is 11.0 Å². The third kappa shape index (κ3) is 3.50.